The quantitative estimate of drug-likeness (QED) is 0.594. The Kier molecular flexibility index (Phi) is 5.70. The summed E-state index contributed by atoms with van der Waals surface area (Å²) in [6, 6.07) is 10.4. The minimum Gasteiger partial charge on any atom is -0.379 e. The number of likely N-dealkylation sites (tertiary alicyclic amines) is 1. The van der Waals surface area contributed by atoms with Crippen molar-refractivity contribution in [2.75, 3.05) is 23.1 Å². The molecule has 1 aromatic heterocycles. The van der Waals surface area contributed by atoms with E-state index in [1.54, 1.807) is 54.6 Å². The van der Waals surface area contributed by atoms with Crippen LogP contribution >= 0.6 is 0 Å². The molecule has 1 fully saturated rings. The fourth-order valence-corrected chi connectivity index (χ4v) is 5.60. The third kappa shape index (κ3) is 4.34. The summed E-state index contributed by atoms with van der Waals surface area (Å²) in [5, 5.41) is 6.41. The van der Waals surface area contributed by atoms with E-state index in [9.17, 15) is 13.2 Å². The first kappa shape index (κ1) is 22.0. The van der Waals surface area contributed by atoms with Gasteiger partial charge in [-0.3, -0.25) is 9.52 Å². The van der Waals surface area contributed by atoms with Crippen molar-refractivity contribution in [1.29, 1.82) is 0 Å². The van der Waals surface area contributed by atoms with Crippen LogP contribution in [0.25, 0.3) is 0 Å². The average Bonchev–Trinajstić information content (AvgIpc) is 2.82. The number of rotatable bonds is 6. The molecule has 1 amide bonds. The number of carbonyl (C=O) groups excluding carboxylic acids is 1. The lowest BCUT2D eigenvalue weighted by Crippen LogP contribution is -2.57. The number of pyridine rings is 1. The first-order valence-corrected chi connectivity index (χ1v) is 12.5. The van der Waals surface area contributed by atoms with Crippen molar-refractivity contribution in [3.05, 3.63) is 101 Å². The lowest BCUT2D eigenvalue weighted by Gasteiger charge is -2.40. The van der Waals surface area contributed by atoms with Crippen LogP contribution in [-0.4, -0.2) is 49.4 Å². The van der Waals surface area contributed by atoms with Crippen LogP contribution in [0.3, 0.4) is 0 Å². The zero-order valence-corrected chi connectivity index (χ0v) is 19.4. The number of benzene rings is 1. The number of nitrogens with zero attached hydrogens (tertiary/aromatic N) is 2. The van der Waals surface area contributed by atoms with Gasteiger partial charge in [0.05, 0.1) is 22.7 Å². The van der Waals surface area contributed by atoms with Gasteiger partial charge in [0.2, 0.25) is 0 Å². The molecule has 2 aromatic rings. The van der Waals surface area contributed by atoms with Gasteiger partial charge in [0.1, 0.15) is 5.82 Å². The Morgan fingerprint density at radius 1 is 1.15 bits per heavy atom. The fourth-order valence-electron chi connectivity index (χ4n) is 4.19. The highest BCUT2D eigenvalue weighted by atomic mass is 32.2. The number of hydrogen-bond donors (Lipinski definition) is 3. The van der Waals surface area contributed by atoms with E-state index in [4.69, 9.17) is 0 Å². The summed E-state index contributed by atoms with van der Waals surface area (Å²) >= 11 is 0. The molecule has 0 radical (unpaired) electrons. The molecule has 3 heterocycles. The van der Waals surface area contributed by atoms with Gasteiger partial charge in [0.15, 0.2) is 0 Å². The van der Waals surface area contributed by atoms with Crippen LogP contribution in [0.2, 0.25) is 0 Å². The van der Waals surface area contributed by atoms with Crippen molar-refractivity contribution in [1.82, 2.24) is 15.2 Å². The highest BCUT2D eigenvalue weighted by molar-refractivity contribution is 7.96. The number of allylic oxidation sites excluding steroid dienone is 4. The van der Waals surface area contributed by atoms with Crippen LogP contribution in [0.1, 0.15) is 15.9 Å². The Morgan fingerprint density at radius 2 is 2.00 bits per heavy atom. The van der Waals surface area contributed by atoms with Gasteiger partial charge in [0, 0.05) is 24.8 Å². The van der Waals surface area contributed by atoms with Gasteiger partial charge in [-0.2, -0.15) is 0 Å². The lowest BCUT2D eigenvalue weighted by molar-refractivity contribution is 0.0625. The van der Waals surface area contributed by atoms with Crippen LogP contribution in [-0.2, 0) is 10.0 Å². The van der Waals surface area contributed by atoms with Gasteiger partial charge in [-0.1, -0.05) is 24.3 Å². The number of sulfonamides is 1. The van der Waals surface area contributed by atoms with Gasteiger partial charge in [-0.15, -0.1) is 0 Å². The maximum atomic E-state index is 13.1. The van der Waals surface area contributed by atoms with Crippen molar-refractivity contribution in [2.45, 2.75) is 19.0 Å². The molecule has 0 bridgehead atoms. The summed E-state index contributed by atoms with van der Waals surface area (Å²) in [6.45, 7) is 2.96. The third-order valence-electron chi connectivity index (χ3n) is 6.03. The third-order valence-corrected chi connectivity index (χ3v) is 7.51. The Hall–Kier alpha value is -3.85. The van der Waals surface area contributed by atoms with Crippen LogP contribution in [0.5, 0.6) is 0 Å². The average molecular weight is 476 g/mol. The first-order valence-electron chi connectivity index (χ1n) is 11.0. The molecule has 174 valence electrons. The summed E-state index contributed by atoms with van der Waals surface area (Å²) in [5.41, 5.74) is 2.54. The van der Waals surface area contributed by atoms with Crippen molar-refractivity contribution >= 4 is 27.4 Å². The van der Waals surface area contributed by atoms with Crippen molar-refractivity contribution in [3.63, 3.8) is 0 Å². The number of hydrogen-bond acceptors (Lipinski definition) is 6. The van der Waals surface area contributed by atoms with Crippen LogP contribution < -0.4 is 15.4 Å². The van der Waals surface area contributed by atoms with Crippen molar-refractivity contribution in [3.8, 4) is 0 Å². The maximum absolute atomic E-state index is 13.1. The summed E-state index contributed by atoms with van der Waals surface area (Å²) in [6.07, 6.45) is 12.4. The topological polar surface area (TPSA) is 103 Å². The smallest absolute Gasteiger partial charge is 0.260 e. The lowest BCUT2D eigenvalue weighted by atomic mass is 10.00. The van der Waals surface area contributed by atoms with Crippen LogP contribution in [0, 0.1) is 6.92 Å². The van der Waals surface area contributed by atoms with Crippen molar-refractivity contribution in [2.24, 2.45) is 0 Å². The minimum absolute atomic E-state index is 0.0790. The molecule has 1 atom stereocenters. The van der Waals surface area contributed by atoms with E-state index in [0.717, 1.165) is 11.4 Å². The number of aromatic nitrogens is 1. The highest BCUT2D eigenvalue weighted by Crippen LogP contribution is 2.28. The van der Waals surface area contributed by atoms with Gasteiger partial charge < -0.3 is 15.5 Å². The number of amides is 1. The van der Waals surface area contributed by atoms with Gasteiger partial charge in [-0.25, -0.2) is 13.4 Å². The molecule has 3 aliphatic rings. The van der Waals surface area contributed by atoms with Gasteiger partial charge in [0.25, 0.3) is 15.9 Å². The Balaban J connectivity index is 1.24. The molecule has 2 aliphatic heterocycles. The summed E-state index contributed by atoms with van der Waals surface area (Å²) < 4.78 is 29.0. The van der Waals surface area contributed by atoms with Crippen molar-refractivity contribution < 1.29 is 13.2 Å². The standard InChI is InChI=1S/C25H25N5O3S/c1-17-14-19(25(31)30-15-20(16-30)28-23-9-2-3-12-26-23)10-11-21(17)29-34(32,33)22-8-4-6-18-7-5-13-27-24(18)22/h2-14,20,24,27,29H,15-16H2,1H3,(H,26,28). The second kappa shape index (κ2) is 8.83. The number of aryl methyl sites for hydroxylation is 1. The second-order valence-corrected chi connectivity index (χ2v) is 10.1. The minimum atomic E-state index is -3.80. The Labute approximate surface area is 198 Å². The van der Waals surface area contributed by atoms with E-state index in [-0.39, 0.29) is 16.9 Å². The first-order chi connectivity index (χ1) is 16.4. The molecule has 5 rings (SSSR count). The van der Waals surface area contributed by atoms with E-state index in [1.807, 2.05) is 36.4 Å². The van der Waals surface area contributed by atoms with E-state index >= 15 is 0 Å². The molecule has 3 N–H and O–H groups in total. The number of dihydropyridines is 1. The molecular formula is C25H25N5O3S. The zero-order chi connectivity index (χ0) is 23.7. The molecular weight excluding hydrogens is 450 g/mol. The summed E-state index contributed by atoms with van der Waals surface area (Å²) in [7, 11) is -3.80. The molecule has 8 nitrogen and oxygen atoms in total. The number of anilines is 2. The molecule has 34 heavy (non-hydrogen) atoms. The SMILES string of the molecule is Cc1cc(C(=O)N2CC(Nc3ccccn3)C2)ccc1NS(=O)(=O)C1=CC=CC2=CC=CNC21. The molecule has 1 aromatic carbocycles. The summed E-state index contributed by atoms with van der Waals surface area (Å²) in [4.78, 5) is 19.1. The maximum Gasteiger partial charge on any atom is 0.260 e. The number of fused-ring (bicyclic) bond motifs is 1. The molecule has 9 heteroatoms. The van der Waals surface area contributed by atoms with Crippen LogP contribution in [0.15, 0.2) is 89.7 Å². The van der Waals surface area contributed by atoms with Gasteiger partial charge in [-0.05, 0) is 66.7 Å². The van der Waals surface area contributed by atoms with E-state index in [0.29, 0.717) is 29.9 Å². The molecule has 1 unspecified atom stereocenters. The van der Waals surface area contributed by atoms with Gasteiger partial charge >= 0.3 is 0 Å². The second-order valence-electron chi connectivity index (χ2n) is 8.46. The number of carbonyl (C=O) groups is 1. The van der Waals surface area contributed by atoms with E-state index in [2.05, 4.69) is 20.3 Å². The predicted octanol–water partition coefficient (Wildman–Crippen LogP) is 2.93. The van der Waals surface area contributed by atoms with Crippen LogP contribution in [0.4, 0.5) is 11.5 Å². The van der Waals surface area contributed by atoms with E-state index in [1.165, 1.54) is 0 Å². The molecule has 0 spiro atoms. The normalized spacial score (nSPS) is 19.3. The zero-order valence-electron chi connectivity index (χ0n) is 18.6. The predicted molar refractivity (Wildman–Crippen MR) is 133 cm³/mol. The molecule has 1 aliphatic carbocycles. The molecule has 1 saturated heterocycles. The Morgan fingerprint density at radius 3 is 2.76 bits per heavy atom. The van der Waals surface area contributed by atoms with E-state index < -0.39 is 16.1 Å². The monoisotopic (exact) mass is 475 g/mol. The number of nitrogens with one attached hydrogen (secondary N) is 3. The largest absolute Gasteiger partial charge is 0.379 e. The fraction of sp³-hybridized carbons (Fsp3) is 0.200. The Bertz CT molecular complexity index is 1340. The highest BCUT2D eigenvalue weighted by Gasteiger charge is 2.32. The summed E-state index contributed by atoms with van der Waals surface area (Å²) in [5.74, 6) is 0.711. The molecule has 0 saturated carbocycles.